The first-order chi connectivity index (χ1) is 24.0. The van der Waals surface area contributed by atoms with Crippen LogP contribution in [0, 0.1) is 0 Å². The van der Waals surface area contributed by atoms with Crippen molar-refractivity contribution < 1.29 is 9.59 Å². The number of nitrogens with one attached hydrogen (secondary N) is 6. The number of nitrogens with two attached hydrogens (primary N) is 2. The first kappa shape index (κ1) is 39.4. The van der Waals surface area contributed by atoms with Gasteiger partial charge in [0.2, 0.25) is 23.8 Å². The lowest BCUT2D eigenvalue weighted by Gasteiger charge is -2.18. The molecule has 50 heavy (non-hydrogen) atoms. The summed E-state index contributed by atoms with van der Waals surface area (Å²) >= 11 is 0. The van der Waals surface area contributed by atoms with Gasteiger partial charge in [-0.2, -0.15) is 15.0 Å². The van der Waals surface area contributed by atoms with Gasteiger partial charge < -0.3 is 52.5 Å². The summed E-state index contributed by atoms with van der Waals surface area (Å²) in [5.74, 6) is 0.651. The van der Waals surface area contributed by atoms with Gasteiger partial charge in [-0.05, 0) is 101 Å². The van der Waals surface area contributed by atoms with E-state index >= 15 is 0 Å². The monoisotopic (exact) mass is 691 g/mol. The van der Waals surface area contributed by atoms with E-state index in [1.165, 1.54) is 6.92 Å². The van der Waals surface area contributed by atoms with E-state index in [9.17, 15) is 14.4 Å². The van der Waals surface area contributed by atoms with Crippen molar-refractivity contribution in [2.45, 2.75) is 53.5 Å². The number of aromatic nitrogens is 5. The van der Waals surface area contributed by atoms with Gasteiger partial charge in [0.15, 0.2) is 5.78 Å². The quantitative estimate of drug-likeness (QED) is 0.0402. The number of nitrogens with zero attached hydrogens (tertiary/aromatic N) is 5. The van der Waals surface area contributed by atoms with E-state index in [1.54, 1.807) is 18.2 Å². The molecule has 0 aliphatic heterocycles. The Bertz CT molecular complexity index is 1640. The number of amides is 1. The van der Waals surface area contributed by atoms with Gasteiger partial charge >= 0.3 is 5.69 Å². The number of rotatable bonds is 19. The van der Waals surface area contributed by atoms with E-state index in [-0.39, 0.29) is 5.69 Å². The minimum atomic E-state index is -1.19. The van der Waals surface area contributed by atoms with Crippen molar-refractivity contribution in [1.82, 2.24) is 34.7 Å². The van der Waals surface area contributed by atoms with Crippen molar-refractivity contribution in [2.24, 2.45) is 5.73 Å². The predicted molar refractivity (Wildman–Crippen MR) is 202 cm³/mol. The molecule has 0 saturated heterocycles. The van der Waals surface area contributed by atoms with Crippen LogP contribution in [-0.2, 0) is 9.59 Å². The molecule has 0 saturated carbocycles. The Morgan fingerprint density at radius 3 is 1.78 bits per heavy atom. The van der Waals surface area contributed by atoms with Crippen molar-refractivity contribution in [1.29, 1.82) is 0 Å². The summed E-state index contributed by atoms with van der Waals surface area (Å²) in [6.07, 6.45) is 2.06. The number of nitrogen functional groups attached to an aromatic ring is 1. The number of aromatic amines is 2. The fraction of sp³-hybridized carbons (Fsp3) is 0.471. The zero-order valence-electron chi connectivity index (χ0n) is 29.8. The predicted octanol–water partition coefficient (Wildman–Crippen LogP) is 3.20. The van der Waals surface area contributed by atoms with Gasteiger partial charge in [0.25, 0.3) is 0 Å². The second-order valence-corrected chi connectivity index (χ2v) is 11.6. The Hall–Kier alpha value is -5.06. The molecule has 10 N–H and O–H groups in total. The maximum absolute atomic E-state index is 11.6. The number of anilines is 6. The van der Waals surface area contributed by atoms with Gasteiger partial charge in [0.1, 0.15) is 6.04 Å². The van der Waals surface area contributed by atoms with Crippen LogP contribution in [0.5, 0.6) is 0 Å². The lowest BCUT2D eigenvalue weighted by atomic mass is 10.2. The molecule has 4 rings (SSSR count). The average molecular weight is 692 g/mol. The van der Waals surface area contributed by atoms with Crippen molar-refractivity contribution in [3.05, 3.63) is 52.9 Å². The van der Waals surface area contributed by atoms with Crippen LogP contribution in [0.1, 0.15) is 47.5 Å². The van der Waals surface area contributed by atoms with Crippen LogP contribution >= 0.6 is 0 Å². The topological polar surface area (TPSA) is 228 Å². The van der Waals surface area contributed by atoms with Gasteiger partial charge in [0.05, 0.1) is 11.0 Å². The van der Waals surface area contributed by atoms with Crippen LogP contribution in [0.2, 0.25) is 0 Å². The van der Waals surface area contributed by atoms with E-state index in [0.29, 0.717) is 34.6 Å². The number of carbonyl (C=O) groups is 2. The Morgan fingerprint density at radius 1 is 0.760 bits per heavy atom. The van der Waals surface area contributed by atoms with Crippen molar-refractivity contribution in [3.8, 4) is 0 Å². The molecule has 2 aromatic heterocycles. The SMILES string of the molecule is CC(=O)C(N)C(=O)Nc1ccc2[nH]c(=O)[nH]c2c1.CCN(CC)CCCNc1nc(NCCCN(CC)CC)nc(Nc2ccc(N)cc2)n1. The number of ketones is 1. The number of Topliss-reactive ketones (excluding diaryl/α,β-unsaturated/α-hetero) is 1. The van der Waals surface area contributed by atoms with E-state index in [1.807, 2.05) is 24.3 Å². The third kappa shape index (κ3) is 13.1. The van der Waals surface area contributed by atoms with E-state index in [2.05, 4.69) is 83.7 Å². The third-order valence-electron chi connectivity index (χ3n) is 7.96. The fourth-order valence-electron chi connectivity index (χ4n) is 4.89. The number of benzene rings is 2. The van der Waals surface area contributed by atoms with Crippen LogP contribution in [0.25, 0.3) is 11.0 Å². The summed E-state index contributed by atoms with van der Waals surface area (Å²) in [5.41, 5.74) is 14.1. The molecule has 0 fully saturated rings. The highest BCUT2D eigenvalue weighted by Gasteiger charge is 2.18. The first-order valence-corrected chi connectivity index (χ1v) is 17.1. The average Bonchev–Trinajstić information content (AvgIpc) is 3.48. The number of hydrogen-bond donors (Lipinski definition) is 8. The minimum absolute atomic E-state index is 0.325. The third-order valence-corrected chi connectivity index (χ3v) is 7.96. The van der Waals surface area contributed by atoms with Crippen LogP contribution in [-0.4, -0.2) is 105 Å². The summed E-state index contributed by atoms with van der Waals surface area (Å²) in [6, 6.07) is 11.2. The lowest BCUT2D eigenvalue weighted by molar-refractivity contribution is -0.126. The second kappa shape index (κ2) is 20.5. The highest BCUT2D eigenvalue weighted by Crippen LogP contribution is 2.18. The largest absolute Gasteiger partial charge is 0.399 e. The lowest BCUT2D eigenvalue weighted by Crippen LogP contribution is -2.41. The Morgan fingerprint density at radius 2 is 1.26 bits per heavy atom. The summed E-state index contributed by atoms with van der Waals surface area (Å²) in [5, 5.41) is 12.5. The molecule has 272 valence electrons. The van der Waals surface area contributed by atoms with Crippen LogP contribution < -0.4 is 38.4 Å². The molecule has 0 aliphatic rings. The molecule has 1 unspecified atom stereocenters. The molecule has 16 nitrogen and oxygen atoms in total. The zero-order valence-corrected chi connectivity index (χ0v) is 29.8. The number of carbonyl (C=O) groups excluding carboxylic acids is 2. The molecule has 0 radical (unpaired) electrons. The smallest absolute Gasteiger partial charge is 0.323 e. The van der Waals surface area contributed by atoms with Gasteiger partial charge in [-0.15, -0.1) is 0 Å². The molecule has 0 spiro atoms. The highest BCUT2D eigenvalue weighted by atomic mass is 16.2. The molecule has 16 heteroatoms. The van der Waals surface area contributed by atoms with E-state index < -0.39 is 17.7 Å². The molecule has 0 aliphatic carbocycles. The van der Waals surface area contributed by atoms with Gasteiger partial charge in [-0.25, -0.2) is 4.79 Å². The molecule has 4 aromatic rings. The molecule has 1 atom stereocenters. The maximum Gasteiger partial charge on any atom is 0.323 e. The fourth-order valence-corrected chi connectivity index (χ4v) is 4.89. The normalized spacial score (nSPS) is 11.6. The minimum Gasteiger partial charge on any atom is -0.399 e. The molecule has 2 heterocycles. The van der Waals surface area contributed by atoms with Crippen LogP contribution in [0.3, 0.4) is 0 Å². The van der Waals surface area contributed by atoms with Crippen molar-refractivity contribution >= 4 is 57.6 Å². The molecular weight excluding hydrogens is 638 g/mol. The molecular formula is C34H53N13O3. The van der Waals surface area contributed by atoms with Crippen LogP contribution in [0.15, 0.2) is 47.3 Å². The standard InChI is InChI=1S/C23H41N9.C11H12N4O3/c1-5-31(6-2)17-9-15-25-21-28-22(26-16-10-18-32(7-3)8-4)30-23(29-21)27-20-13-11-19(24)12-14-20;1-5(16)9(12)10(17)13-6-2-3-7-8(4-6)15-11(18)14-7/h11-14H,5-10,15-18,24H2,1-4H3,(H3,25,26,27,28,29,30);2-4,9H,12H2,1H3,(H,13,17)(H2,14,15,18). The number of imidazole rings is 1. The van der Waals surface area contributed by atoms with E-state index in [4.69, 9.17) is 11.5 Å². The Kier molecular flexibility index (Phi) is 16.1. The second-order valence-electron chi connectivity index (χ2n) is 11.6. The summed E-state index contributed by atoms with van der Waals surface area (Å²) in [7, 11) is 0. The number of hydrogen-bond acceptors (Lipinski definition) is 13. The molecule has 1 amide bonds. The van der Waals surface area contributed by atoms with Gasteiger partial charge in [-0.3, -0.25) is 9.59 Å². The summed E-state index contributed by atoms with van der Waals surface area (Å²) < 4.78 is 0. The Balaban J connectivity index is 0.000000316. The highest BCUT2D eigenvalue weighted by molar-refractivity contribution is 6.10. The summed E-state index contributed by atoms with van der Waals surface area (Å²) in [6.45, 7) is 18.0. The maximum atomic E-state index is 11.6. The molecule has 2 aromatic carbocycles. The van der Waals surface area contributed by atoms with Gasteiger partial charge in [-0.1, -0.05) is 27.7 Å². The van der Waals surface area contributed by atoms with E-state index in [0.717, 1.165) is 76.6 Å². The number of H-pyrrole nitrogens is 2. The first-order valence-electron chi connectivity index (χ1n) is 17.1. The molecule has 0 bridgehead atoms. The Labute approximate surface area is 293 Å². The summed E-state index contributed by atoms with van der Waals surface area (Å²) in [4.78, 5) is 57.2. The number of fused-ring (bicyclic) bond motifs is 1. The van der Waals surface area contributed by atoms with Crippen molar-refractivity contribution in [3.63, 3.8) is 0 Å². The van der Waals surface area contributed by atoms with Crippen molar-refractivity contribution in [2.75, 3.05) is 79.4 Å². The van der Waals surface area contributed by atoms with Crippen LogP contribution in [0.4, 0.5) is 34.9 Å². The zero-order chi connectivity index (χ0) is 36.5. The van der Waals surface area contributed by atoms with Gasteiger partial charge in [0, 0.05) is 30.2 Å².